The van der Waals surface area contributed by atoms with Crippen molar-refractivity contribution in [3.8, 4) is 10.6 Å². The van der Waals surface area contributed by atoms with E-state index in [9.17, 15) is 8.78 Å². The van der Waals surface area contributed by atoms with Gasteiger partial charge in [0.1, 0.15) is 16.6 Å². The molecule has 2 heterocycles. The van der Waals surface area contributed by atoms with E-state index in [0.717, 1.165) is 21.1 Å². The molecule has 0 bridgehead atoms. The monoisotopic (exact) mass is 406 g/mol. The first-order valence-corrected chi connectivity index (χ1v) is 8.61. The van der Waals surface area contributed by atoms with Crippen molar-refractivity contribution in [3.05, 3.63) is 70.0 Å². The average molecular weight is 407 g/mol. The number of fused-ring (bicyclic) bond motifs is 1. The van der Waals surface area contributed by atoms with Crippen molar-refractivity contribution in [3.63, 3.8) is 0 Å². The minimum absolute atomic E-state index is 0.248. The van der Waals surface area contributed by atoms with E-state index in [1.807, 2.05) is 24.3 Å². The molecule has 24 heavy (non-hydrogen) atoms. The van der Waals surface area contributed by atoms with Crippen molar-refractivity contribution in [2.45, 2.75) is 6.42 Å². The minimum Gasteiger partial charge on any atom is -0.207 e. The van der Waals surface area contributed by atoms with Crippen LogP contribution in [0.15, 0.2) is 46.9 Å². The van der Waals surface area contributed by atoms with Crippen LogP contribution in [-0.2, 0) is 6.42 Å². The fourth-order valence-electron chi connectivity index (χ4n) is 2.40. The maximum atomic E-state index is 13.3. The summed E-state index contributed by atoms with van der Waals surface area (Å²) in [6.07, 6.45) is 0.248. The summed E-state index contributed by atoms with van der Waals surface area (Å²) in [5, 5.41) is 13.5. The summed E-state index contributed by atoms with van der Waals surface area (Å²) in [4.78, 5) is 0.636. The Kier molecular flexibility index (Phi) is 3.85. The van der Waals surface area contributed by atoms with Crippen LogP contribution in [0, 0.1) is 11.6 Å². The number of hydrogen-bond donors (Lipinski definition) is 0. The quantitative estimate of drug-likeness (QED) is 0.503. The van der Waals surface area contributed by atoms with Gasteiger partial charge in [-0.05, 0) is 29.8 Å². The van der Waals surface area contributed by atoms with E-state index in [1.54, 1.807) is 4.52 Å². The molecule has 0 N–H and O–H groups in total. The van der Waals surface area contributed by atoms with E-state index in [2.05, 4.69) is 31.2 Å². The zero-order valence-electron chi connectivity index (χ0n) is 12.1. The van der Waals surface area contributed by atoms with Crippen LogP contribution >= 0.6 is 27.3 Å². The largest absolute Gasteiger partial charge is 0.234 e. The molecule has 8 heteroatoms. The molecule has 4 nitrogen and oxygen atoms in total. The molecule has 0 saturated carbocycles. The molecule has 0 unspecified atom stereocenters. The second-order valence-electron chi connectivity index (χ2n) is 5.18. The molecule has 0 aliphatic rings. The second kappa shape index (κ2) is 6.03. The van der Waals surface area contributed by atoms with Gasteiger partial charge in [-0.25, -0.2) is 8.78 Å². The van der Waals surface area contributed by atoms with Gasteiger partial charge < -0.3 is 0 Å². The average Bonchev–Trinajstić information content (AvgIpc) is 3.08. The standard InChI is InChI=1S/C16H9BrF2N4S/c17-11-3-1-2-10(7-11)15-22-23-14(20-21-16(23)24-15)6-9-4-12(18)8-13(19)5-9/h1-5,7-8H,6H2. The highest BCUT2D eigenvalue weighted by Crippen LogP contribution is 2.27. The lowest BCUT2D eigenvalue weighted by molar-refractivity contribution is 0.580. The molecular weight excluding hydrogens is 398 g/mol. The van der Waals surface area contributed by atoms with Crippen LogP contribution in [0.2, 0.25) is 0 Å². The van der Waals surface area contributed by atoms with Crippen LogP contribution < -0.4 is 0 Å². The Morgan fingerprint density at radius 3 is 2.58 bits per heavy atom. The molecule has 2 aromatic carbocycles. The van der Waals surface area contributed by atoms with Crippen LogP contribution in [-0.4, -0.2) is 19.8 Å². The lowest BCUT2D eigenvalue weighted by Crippen LogP contribution is -1.99. The van der Waals surface area contributed by atoms with Gasteiger partial charge in [-0.15, -0.1) is 10.2 Å². The summed E-state index contributed by atoms with van der Waals surface area (Å²) < 4.78 is 29.2. The molecular formula is C16H9BrF2N4S. The number of halogens is 3. The van der Waals surface area contributed by atoms with Crippen LogP contribution in [0.4, 0.5) is 8.78 Å². The lowest BCUT2D eigenvalue weighted by Gasteiger charge is -2.00. The minimum atomic E-state index is -0.612. The van der Waals surface area contributed by atoms with Gasteiger partial charge in [0.2, 0.25) is 4.96 Å². The summed E-state index contributed by atoms with van der Waals surface area (Å²) in [5.74, 6) is -0.690. The Balaban J connectivity index is 1.72. The fourth-order valence-corrected chi connectivity index (χ4v) is 3.66. The first-order valence-electron chi connectivity index (χ1n) is 7.00. The molecule has 0 aliphatic heterocycles. The number of benzene rings is 2. The molecule has 2 aromatic heterocycles. The van der Waals surface area contributed by atoms with Gasteiger partial charge in [0.15, 0.2) is 5.82 Å². The molecule has 0 fully saturated rings. The molecule has 0 spiro atoms. The molecule has 0 amide bonds. The van der Waals surface area contributed by atoms with Crippen molar-refractivity contribution in [2.75, 3.05) is 0 Å². The molecule has 0 atom stereocenters. The summed E-state index contributed by atoms with van der Waals surface area (Å²) in [6.45, 7) is 0. The molecule has 0 saturated heterocycles. The van der Waals surface area contributed by atoms with E-state index in [-0.39, 0.29) is 6.42 Å². The van der Waals surface area contributed by atoms with Gasteiger partial charge in [-0.1, -0.05) is 39.4 Å². The van der Waals surface area contributed by atoms with Crippen LogP contribution in [0.3, 0.4) is 0 Å². The van der Waals surface area contributed by atoms with Gasteiger partial charge in [-0.3, -0.25) is 0 Å². The first-order chi connectivity index (χ1) is 11.6. The van der Waals surface area contributed by atoms with Crippen LogP contribution in [0.5, 0.6) is 0 Å². The predicted octanol–water partition coefficient (Wildman–Crippen LogP) is 4.48. The summed E-state index contributed by atoms with van der Waals surface area (Å²) in [6, 6.07) is 11.2. The highest BCUT2D eigenvalue weighted by Gasteiger charge is 2.14. The summed E-state index contributed by atoms with van der Waals surface area (Å²) >= 11 is 4.84. The van der Waals surface area contributed by atoms with Gasteiger partial charge >= 0.3 is 0 Å². The van der Waals surface area contributed by atoms with Crippen molar-refractivity contribution in [1.82, 2.24) is 19.8 Å². The van der Waals surface area contributed by atoms with Crippen molar-refractivity contribution >= 4 is 32.2 Å². The lowest BCUT2D eigenvalue weighted by atomic mass is 10.1. The van der Waals surface area contributed by atoms with Crippen molar-refractivity contribution in [2.24, 2.45) is 0 Å². The predicted molar refractivity (Wildman–Crippen MR) is 91.0 cm³/mol. The van der Waals surface area contributed by atoms with Crippen LogP contribution in [0.1, 0.15) is 11.4 Å². The normalized spacial score (nSPS) is 11.3. The van der Waals surface area contributed by atoms with Crippen LogP contribution in [0.25, 0.3) is 15.5 Å². The van der Waals surface area contributed by atoms with E-state index in [1.165, 1.54) is 23.5 Å². The fraction of sp³-hybridized carbons (Fsp3) is 0.0625. The molecule has 0 aliphatic carbocycles. The molecule has 0 radical (unpaired) electrons. The van der Waals surface area contributed by atoms with Gasteiger partial charge in [0.05, 0.1) is 0 Å². The highest BCUT2D eigenvalue weighted by molar-refractivity contribution is 9.10. The van der Waals surface area contributed by atoms with Crippen molar-refractivity contribution < 1.29 is 8.78 Å². The Bertz CT molecular complexity index is 1020. The SMILES string of the molecule is Fc1cc(F)cc(Cc2nnc3sc(-c4cccc(Br)c4)nn23)c1. The highest BCUT2D eigenvalue weighted by atomic mass is 79.9. The zero-order chi connectivity index (χ0) is 16.7. The van der Waals surface area contributed by atoms with E-state index in [0.29, 0.717) is 16.3 Å². The number of rotatable bonds is 3. The third kappa shape index (κ3) is 2.94. The number of nitrogens with zero attached hydrogens (tertiary/aromatic N) is 4. The Morgan fingerprint density at radius 2 is 1.83 bits per heavy atom. The molecule has 120 valence electrons. The van der Waals surface area contributed by atoms with Gasteiger partial charge in [-0.2, -0.15) is 9.61 Å². The third-order valence-corrected chi connectivity index (χ3v) is 4.85. The first kappa shape index (κ1) is 15.3. The van der Waals surface area contributed by atoms with E-state index in [4.69, 9.17) is 0 Å². The number of aromatic nitrogens is 4. The Hall–Kier alpha value is -2.19. The van der Waals surface area contributed by atoms with E-state index >= 15 is 0 Å². The van der Waals surface area contributed by atoms with E-state index < -0.39 is 11.6 Å². The number of hydrogen-bond acceptors (Lipinski definition) is 4. The third-order valence-electron chi connectivity index (χ3n) is 3.41. The maximum absolute atomic E-state index is 13.3. The molecule has 4 rings (SSSR count). The Morgan fingerprint density at radius 1 is 1.04 bits per heavy atom. The van der Waals surface area contributed by atoms with Crippen molar-refractivity contribution in [1.29, 1.82) is 0 Å². The topological polar surface area (TPSA) is 43.1 Å². The maximum Gasteiger partial charge on any atom is 0.234 e. The smallest absolute Gasteiger partial charge is 0.207 e. The Labute approximate surface area is 147 Å². The summed E-state index contributed by atoms with van der Waals surface area (Å²) in [5.41, 5.74) is 1.45. The summed E-state index contributed by atoms with van der Waals surface area (Å²) in [7, 11) is 0. The zero-order valence-corrected chi connectivity index (χ0v) is 14.5. The second-order valence-corrected chi connectivity index (χ2v) is 7.05. The van der Waals surface area contributed by atoms with Gasteiger partial charge in [0, 0.05) is 22.5 Å². The van der Waals surface area contributed by atoms with Gasteiger partial charge in [0.25, 0.3) is 0 Å². The molecule has 4 aromatic rings.